The minimum Gasteiger partial charge on any atom is -0.478 e. The molecule has 0 saturated carbocycles. The van der Waals surface area contributed by atoms with E-state index in [1.54, 1.807) is 24.3 Å². The predicted molar refractivity (Wildman–Crippen MR) is 79.8 cm³/mol. The van der Waals surface area contributed by atoms with E-state index in [0.717, 1.165) is 5.56 Å². The normalized spacial score (nSPS) is 10.6. The van der Waals surface area contributed by atoms with Crippen molar-refractivity contribution in [3.05, 3.63) is 53.6 Å². The highest BCUT2D eigenvalue weighted by molar-refractivity contribution is 5.93. The molecule has 0 aliphatic carbocycles. The zero-order chi connectivity index (χ0) is 15.7. The van der Waals surface area contributed by atoms with Crippen molar-refractivity contribution in [2.24, 2.45) is 0 Å². The molecule has 1 heterocycles. The van der Waals surface area contributed by atoms with Crippen LogP contribution in [0, 0.1) is 0 Å². The molecule has 0 saturated heterocycles. The maximum absolute atomic E-state index is 11.6. The highest BCUT2D eigenvalue weighted by atomic mass is 16.5. The second-order valence-corrected chi connectivity index (χ2v) is 4.69. The van der Waals surface area contributed by atoms with Crippen molar-refractivity contribution in [1.29, 1.82) is 0 Å². The van der Waals surface area contributed by atoms with Crippen molar-refractivity contribution in [2.45, 2.75) is 0 Å². The molecule has 0 aliphatic heterocycles. The predicted octanol–water partition coefficient (Wildman–Crippen LogP) is 2.71. The zero-order valence-corrected chi connectivity index (χ0v) is 11.7. The maximum atomic E-state index is 11.6. The summed E-state index contributed by atoms with van der Waals surface area (Å²) in [5, 5.41) is 9.01. The number of fused-ring (bicyclic) bond motifs is 1. The van der Waals surface area contributed by atoms with E-state index in [1.807, 2.05) is 6.07 Å². The minimum atomic E-state index is -0.995. The molecule has 22 heavy (non-hydrogen) atoms. The van der Waals surface area contributed by atoms with Crippen molar-refractivity contribution in [3.63, 3.8) is 0 Å². The van der Waals surface area contributed by atoms with Crippen LogP contribution in [0.15, 0.2) is 42.5 Å². The third-order valence-corrected chi connectivity index (χ3v) is 3.29. The summed E-state index contributed by atoms with van der Waals surface area (Å²) in [7, 11) is 1.32. The van der Waals surface area contributed by atoms with Gasteiger partial charge in [0.25, 0.3) is 0 Å². The summed E-state index contributed by atoms with van der Waals surface area (Å²) < 4.78 is 4.69. The molecule has 3 aromatic rings. The molecule has 6 nitrogen and oxygen atoms in total. The van der Waals surface area contributed by atoms with Gasteiger partial charge in [-0.25, -0.2) is 14.6 Å². The third-order valence-electron chi connectivity index (χ3n) is 3.29. The Balaban J connectivity index is 2.06. The van der Waals surface area contributed by atoms with Gasteiger partial charge in [-0.1, -0.05) is 12.1 Å². The number of benzene rings is 2. The Morgan fingerprint density at radius 1 is 1.14 bits per heavy atom. The highest BCUT2D eigenvalue weighted by Gasteiger charge is 2.11. The van der Waals surface area contributed by atoms with Crippen molar-refractivity contribution < 1.29 is 19.4 Å². The molecular weight excluding hydrogens is 284 g/mol. The van der Waals surface area contributed by atoms with Crippen LogP contribution in [0.5, 0.6) is 0 Å². The Bertz CT molecular complexity index is 883. The lowest BCUT2D eigenvalue weighted by molar-refractivity contribution is 0.0600. The fourth-order valence-electron chi connectivity index (χ4n) is 2.19. The number of carbonyl (C=O) groups is 2. The summed E-state index contributed by atoms with van der Waals surface area (Å²) in [5.41, 5.74) is 2.61. The second kappa shape index (κ2) is 5.33. The topological polar surface area (TPSA) is 92.3 Å². The van der Waals surface area contributed by atoms with Gasteiger partial charge in [-0.3, -0.25) is 0 Å². The molecular formula is C16H12N2O4. The van der Waals surface area contributed by atoms with Crippen molar-refractivity contribution in [1.82, 2.24) is 9.97 Å². The van der Waals surface area contributed by atoms with Crippen LogP contribution in [0.4, 0.5) is 0 Å². The maximum Gasteiger partial charge on any atom is 0.337 e. The number of rotatable bonds is 3. The molecule has 0 spiro atoms. The van der Waals surface area contributed by atoms with Crippen LogP contribution in [0.3, 0.4) is 0 Å². The van der Waals surface area contributed by atoms with Crippen LogP contribution in [-0.2, 0) is 4.74 Å². The summed E-state index contributed by atoms with van der Waals surface area (Å²) in [6, 6.07) is 11.5. The molecule has 0 aliphatic rings. The minimum absolute atomic E-state index is 0.186. The summed E-state index contributed by atoms with van der Waals surface area (Å²) in [5.74, 6) is -0.861. The average molecular weight is 296 g/mol. The SMILES string of the molecule is COC(=O)c1cccc(-c2nc3ccc(C(=O)O)cc3[nH]2)c1. The molecule has 2 aromatic carbocycles. The molecule has 0 bridgehead atoms. The number of carbonyl (C=O) groups excluding carboxylic acids is 1. The van der Waals surface area contributed by atoms with E-state index in [1.165, 1.54) is 19.2 Å². The number of carboxylic acids is 1. The number of aromatic amines is 1. The number of carboxylic acid groups (broad SMARTS) is 1. The third kappa shape index (κ3) is 2.42. The lowest BCUT2D eigenvalue weighted by atomic mass is 10.1. The number of hydrogen-bond donors (Lipinski definition) is 2. The van der Waals surface area contributed by atoms with Gasteiger partial charge < -0.3 is 14.8 Å². The van der Waals surface area contributed by atoms with E-state index in [2.05, 4.69) is 9.97 Å². The number of hydrogen-bond acceptors (Lipinski definition) is 4. The first-order valence-corrected chi connectivity index (χ1v) is 6.50. The number of nitrogens with zero attached hydrogens (tertiary/aromatic N) is 1. The first-order chi connectivity index (χ1) is 10.6. The van der Waals surface area contributed by atoms with Crippen LogP contribution < -0.4 is 0 Å². The van der Waals surface area contributed by atoms with Crippen LogP contribution >= 0.6 is 0 Å². The quantitative estimate of drug-likeness (QED) is 0.725. The van der Waals surface area contributed by atoms with Crippen LogP contribution in [0.1, 0.15) is 20.7 Å². The zero-order valence-electron chi connectivity index (χ0n) is 11.7. The van der Waals surface area contributed by atoms with Gasteiger partial charge in [0, 0.05) is 5.56 Å². The lowest BCUT2D eigenvalue weighted by Crippen LogP contribution is -2.00. The molecule has 0 unspecified atom stereocenters. The van der Waals surface area contributed by atoms with E-state index in [0.29, 0.717) is 22.4 Å². The van der Waals surface area contributed by atoms with Gasteiger partial charge in [0.15, 0.2) is 0 Å². The number of aromatic nitrogens is 2. The van der Waals surface area contributed by atoms with E-state index in [-0.39, 0.29) is 5.56 Å². The number of esters is 1. The Labute approximate surface area is 125 Å². The van der Waals surface area contributed by atoms with E-state index < -0.39 is 11.9 Å². The Kier molecular flexibility index (Phi) is 3.34. The molecule has 0 amide bonds. The molecule has 1 aromatic heterocycles. The van der Waals surface area contributed by atoms with Gasteiger partial charge in [0.05, 0.1) is 29.3 Å². The molecule has 0 atom stereocenters. The van der Waals surface area contributed by atoms with Gasteiger partial charge in [0.1, 0.15) is 5.82 Å². The number of aromatic carboxylic acids is 1. The number of nitrogens with one attached hydrogen (secondary N) is 1. The molecule has 2 N–H and O–H groups in total. The first-order valence-electron chi connectivity index (χ1n) is 6.50. The highest BCUT2D eigenvalue weighted by Crippen LogP contribution is 2.22. The molecule has 0 radical (unpaired) electrons. The molecule has 3 rings (SSSR count). The Morgan fingerprint density at radius 2 is 1.95 bits per heavy atom. The number of ether oxygens (including phenoxy) is 1. The van der Waals surface area contributed by atoms with Crippen LogP contribution in [-0.4, -0.2) is 34.1 Å². The van der Waals surface area contributed by atoms with Crippen molar-refractivity contribution in [2.75, 3.05) is 7.11 Å². The largest absolute Gasteiger partial charge is 0.478 e. The van der Waals surface area contributed by atoms with E-state index >= 15 is 0 Å². The standard InChI is InChI=1S/C16H12N2O4/c1-22-16(21)11-4-2-3-9(7-11)14-17-12-6-5-10(15(19)20)8-13(12)18-14/h2-8H,1H3,(H,17,18)(H,19,20). The fourth-order valence-corrected chi connectivity index (χ4v) is 2.19. The van der Waals surface area contributed by atoms with Gasteiger partial charge in [-0.15, -0.1) is 0 Å². The first kappa shape index (κ1) is 13.8. The van der Waals surface area contributed by atoms with Crippen molar-refractivity contribution >= 4 is 23.0 Å². The summed E-state index contributed by atoms with van der Waals surface area (Å²) in [6.07, 6.45) is 0. The van der Waals surface area contributed by atoms with Crippen LogP contribution in [0.25, 0.3) is 22.4 Å². The summed E-state index contributed by atoms with van der Waals surface area (Å²) >= 11 is 0. The van der Waals surface area contributed by atoms with Gasteiger partial charge in [-0.2, -0.15) is 0 Å². The average Bonchev–Trinajstić information content (AvgIpc) is 2.97. The molecule has 110 valence electrons. The fraction of sp³-hybridized carbons (Fsp3) is 0.0625. The van der Waals surface area contributed by atoms with Gasteiger partial charge >= 0.3 is 11.9 Å². The number of imidazole rings is 1. The number of methoxy groups -OCH3 is 1. The monoisotopic (exact) mass is 296 g/mol. The summed E-state index contributed by atoms with van der Waals surface area (Å²) in [6.45, 7) is 0. The van der Waals surface area contributed by atoms with Crippen molar-refractivity contribution in [3.8, 4) is 11.4 Å². The van der Waals surface area contributed by atoms with Gasteiger partial charge in [0.2, 0.25) is 0 Å². The molecule has 0 fully saturated rings. The Morgan fingerprint density at radius 3 is 2.68 bits per heavy atom. The number of H-pyrrole nitrogens is 1. The lowest BCUT2D eigenvalue weighted by Gasteiger charge is -2.01. The second-order valence-electron chi connectivity index (χ2n) is 4.69. The van der Waals surface area contributed by atoms with E-state index in [4.69, 9.17) is 9.84 Å². The smallest absolute Gasteiger partial charge is 0.337 e. The molecule has 6 heteroatoms. The van der Waals surface area contributed by atoms with Crippen LogP contribution in [0.2, 0.25) is 0 Å². The Hall–Kier alpha value is -3.15. The summed E-state index contributed by atoms with van der Waals surface area (Å²) in [4.78, 5) is 30.0. The van der Waals surface area contributed by atoms with E-state index in [9.17, 15) is 9.59 Å². The van der Waals surface area contributed by atoms with Gasteiger partial charge in [-0.05, 0) is 30.3 Å².